The second-order valence-corrected chi connectivity index (χ2v) is 13.6. The molecule has 1 aromatic heterocycles. The summed E-state index contributed by atoms with van der Waals surface area (Å²) in [5, 5.41) is 1.50. The molecule has 1 heterocycles. The normalized spacial score (nSPS) is 12.2. The van der Waals surface area contributed by atoms with Crippen LogP contribution in [0.25, 0.3) is 11.3 Å². The Labute approximate surface area is 171 Å². The molecule has 0 unspecified atom stereocenters. The third kappa shape index (κ3) is 3.84. The number of rotatable bonds is 7. The first-order valence-corrected chi connectivity index (χ1v) is 13.2. The van der Waals surface area contributed by atoms with Gasteiger partial charge in [-0.2, -0.15) is 0 Å². The summed E-state index contributed by atoms with van der Waals surface area (Å²) in [6.45, 7) is 11.6. The largest absolute Gasteiger partial charge is 0.256 e. The quantitative estimate of drug-likeness (QED) is 0.407. The fourth-order valence-corrected chi connectivity index (χ4v) is 7.83. The van der Waals surface area contributed by atoms with Gasteiger partial charge in [0.25, 0.3) is 0 Å². The molecule has 0 N–H and O–H groups in total. The van der Waals surface area contributed by atoms with Gasteiger partial charge in [0, 0.05) is 17.2 Å². The average Bonchev–Trinajstić information content (AvgIpc) is 2.76. The lowest BCUT2D eigenvalue weighted by atomic mass is 9.77. The minimum atomic E-state index is -1.36. The standard InChI is InChI=1S/C26H33NSi/c1-6-28(7-2,8-3)24-17-18-25(27-20-24)21-13-12-16-23(19-21)26(4,5)22-14-10-9-11-15-22/h9-20H,6-8H2,1-5H3. The van der Waals surface area contributed by atoms with Gasteiger partial charge in [-0.3, -0.25) is 4.98 Å². The van der Waals surface area contributed by atoms with Crippen molar-refractivity contribution >= 4 is 13.3 Å². The summed E-state index contributed by atoms with van der Waals surface area (Å²) in [4.78, 5) is 4.89. The molecule has 2 heteroatoms. The molecule has 0 aliphatic heterocycles. The van der Waals surface area contributed by atoms with E-state index in [0.717, 1.165) is 5.69 Å². The van der Waals surface area contributed by atoms with Crippen molar-refractivity contribution in [3.8, 4) is 11.3 Å². The van der Waals surface area contributed by atoms with Crippen LogP contribution < -0.4 is 5.19 Å². The molecule has 0 radical (unpaired) electrons. The first-order valence-electron chi connectivity index (χ1n) is 10.6. The topological polar surface area (TPSA) is 12.9 Å². The lowest BCUT2D eigenvalue weighted by molar-refractivity contribution is 0.641. The Hall–Kier alpha value is -2.19. The van der Waals surface area contributed by atoms with E-state index in [4.69, 9.17) is 4.98 Å². The summed E-state index contributed by atoms with van der Waals surface area (Å²) in [5.74, 6) is 0. The summed E-state index contributed by atoms with van der Waals surface area (Å²) in [7, 11) is -1.36. The summed E-state index contributed by atoms with van der Waals surface area (Å²) in [5.41, 5.74) is 4.89. The van der Waals surface area contributed by atoms with Gasteiger partial charge in [-0.05, 0) is 28.4 Å². The molecule has 3 aromatic rings. The van der Waals surface area contributed by atoms with E-state index in [1.54, 1.807) is 0 Å². The highest BCUT2D eigenvalue weighted by Gasteiger charge is 2.29. The molecular weight excluding hydrogens is 354 g/mol. The highest BCUT2D eigenvalue weighted by Crippen LogP contribution is 2.33. The lowest BCUT2D eigenvalue weighted by Crippen LogP contribution is -2.45. The van der Waals surface area contributed by atoms with Gasteiger partial charge in [-0.25, -0.2) is 0 Å². The van der Waals surface area contributed by atoms with Crippen molar-refractivity contribution in [3.05, 3.63) is 84.1 Å². The van der Waals surface area contributed by atoms with E-state index in [1.165, 1.54) is 40.0 Å². The van der Waals surface area contributed by atoms with Crippen LogP contribution in [0.2, 0.25) is 18.1 Å². The molecule has 0 aliphatic rings. The zero-order valence-electron chi connectivity index (χ0n) is 18.0. The number of nitrogens with zero attached hydrogens (tertiary/aromatic N) is 1. The Balaban J connectivity index is 1.95. The molecule has 3 rings (SSSR count). The SMILES string of the molecule is CC[Si](CC)(CC)c1ccc(-c2cccc(C(C)(C)c3ccccc3)c2)nc1. The number of benzene rings is 2. The Bertz CT molecular complexity index is 885. The van der Waals surface area contributed by atoms with Gasteiger partial charge in [-0.1, -0.05) is 107 Å². The number of pyridine rings is 1. The molecular formula is C26H33NSi. The molecule has 0 bridgehead atoms. The van der Waals surface area contributed by atoms with Crippen molar-refractivity contribution in [3.63, 3.8) is 0 Å². The van der Waals surface area contributed by atoms with E-state index >= 15 is 0 Å². The smallest absolute Gasteiger partial charge is 0.0879 e. The predicted molar refractivity (Wildman–Crippen MR) is 125 cm³/mol. The van der Waals surface area contributed by atoms with Gasteiger partial charge < -0.3 is 0 Å². The van der Waals surface area contributed by atoms with Crippen LogP contribution in [0.15, 0.2) is 72.9 Å². The van der Waals surface area contributed by atoms with Crippen molar-refractivity contribution in [1.82, 2.24) is 4.98 Å². The maximum atomic E-state index is 4.89. The number of hydrogen-bond acceptors (Lipinski definition) is 1. The Kier molecular flexibility index (Phi) is 6.19. The maximum Gasteiger partial charge on any atom is 0.0879 e. The van der Waals surface area contributed by atoms with Crippen molar-refractivity contribution < 1.29 is 0 Å². The second kappa shape index (κ2) is 8.44. The van der Waals surface area contributed by atoms with E-state index in [2.05, 4.69) is 108 Å². The van der Waals surface area contributed by atoms with E-state index in [1.807, 2.05) is 0 Å². The minimum Gasteiger partial charge on any atom is -0.256 e. The van der Waals surface area contributed by atoms with Crippen LogP contribution in [0, 0.1) is 0 Å². The summed E-state index contributed by atoms with van der Waals surface area (Å²) >= 11 is 0. The zero-order valence-corrected chi connectivity index (χ0v) is 19.0. The zero-order chi connectivity index (χ0) is 20.2. The summed E-state index contributed by atoms with van der Waals surface area (Å²) in [6, 6.07) is 28.1. The lowest BCUT2D eigenvalue weighted by Gasteiger charge is -2.28. The van der Waals surface area contributed by atoms with Gasteiger partial charge in [-0.15, -0.1) is 0 Å². The van der Waals surface area contributed by atoms with Crippen molar-refractivity contribution in [2.24, 2.45) is 0 Å². The van der Waals surface area contributed by atoms with Crippen LogP contribution in [-0.2, 0) is 5.41 Å². The molecule has 146 valence electrons. The molecule has 0 saturated heterocycles. The molecule has 1 nitrogen and oxygen atoms in total. The van der Waals surface area contributed by atoms with E-state index in [0.29, 0.717) is 0 Å². The van der Waals surface area contributed by atoms with Crippen LogP contribution in [0.4, 0.5) is 0 Å². The van der Waals surface area contributed by atoms with Gasteiger partial charge in [0.1, 0.15) is 0 Å². The number of aromatic nitrogens is 1. The number of hydrogen-bond donors (Lipinski definition) is 0. The Morgan fingerprint density at radius 2 is 1.39 bits per heavy atom. The Morgan fingerprint density at radius 3 is 1.96 bits per heavy atom. The molecule has 0 amide bonds. The van der Waals surface area contributed by atoms with Crippen LogP contribution in [0.3, 0.4) is 0 Å². The van der Waals surface area contributed by atoms with Crippen molar-refractivity contribution in [2.75, 3.05) is 0 Å². The van der Waals surface area contributed by atoms with Crippen molar-refractivity contribution in [1.29, 1.82) is 0 Å². The minimum absolute atomic E-state index is 0.0358. The van der Waals surface area contributed by atoms with Gasteiger partial charge >= 0.3 is 0 Å². The highest BCUT2D eigenvalue weighted by atomic mass is 28.3. The van der Waals surface area contributed by atoms with E-state index in [9.17, 15) is 0 Å². The van der Waals surface area contributed by atoms with Crippen molar-refractivity contribution in [2.45, 2.75) is 58.2 Å². The monoisotopic (exact) mass is 387 g/mol. The molecule has 28 heavy (non-hydrogen) atoms. The molecule has 0 fully saturated rings. The Morgan fingerprint density at radius 1 is 0.750 bits per heavy atom. The predicted octanol–water partition coefficient (Wildman–Crippen LogP) is 6.79. The molecule has 0 atom stereocenters. The first-order chi connectivity index (χ1) is 13.5. The van der Waals surface area contributed by atoms with E-state index in [-0.39, 0.29) is 5.41 Å². The fourth-order valence-electron chi connectivity index (χ4n) is 4.33. The molecule has 0 spiro atoms. The third-order valence-electron chi connectivity index (χ3n) is 6.78. The third-order valence-corrected chi connectivity index (χ3v) is 12.4. The maximum absolute atomic E-state index is 4.89. The van der Waals surface area contributed by atoms with Crippen LogP contribution in [0.5, 0.6) is 0 Å². The van der Waals surface area contributed by atoms with Crippen LogP contribution >= 0.6 is 0 Å². The van der Waals surface area contributed by atoms with Crippen LogP contribution in [-0.4, -0.2) is 13.1 Å². The van der Waals surface area contributed by atoms with Crippen LogP contribution in [0.1, 0.15) is 45.7 Å². The average molecular weight is 388 g/mol. The summed E-state index contributed by atoms with van der Waals surface area (Å²) < 4.78 is 0. The van der Waals surface area contributed by atoms with Gasteiger partial charge in [0.2, 0.25) is 0 Å². The van der Waals surface area contributed by atoms with Gasteiger partial charge in [0.15, 0.2) is 0 Å². The summed E-state index contributed by atoms with van der Waals surface area (Å²) in [6.07, 6.45) is 2.16. The molecule has 2 aromatic carbocycles. The highest BCUT2D eigenvalue weighted by molar-refractivity contribution is 6.91. The first kappa shape index (κ1) is 20.5. The fraction of sp³-hybridized carbons (Fsp3) is 0.346. The molecule has 0 aliphatic carbocycles. The van der Waals surface area contributed by atoms with E-state index < -0.39 is 8.07 Å². The molecule has 0 saturated carbocycles. The second-order valence-electron chi connectivity index (χ2n) is 8.34. The van der Waals surface area contributed by atoms with Gasteiger partial charge in [0.05, 0.1) is 13.8 Å².